The molecule has 1 aromatic carbocycles. The number of hydrogen-bond acceptors (Lipinski definition) is 4. The van der Waals surface area contributed by atoms with Crippen molar-refractivity contribution < 1.29 is 4.79 Å². The molecule has 0 amide bonds. The molecule has 0 N–H and O–H groups in total. The van der Waals surface area contributed by atoms with Gasteiger partial charge in [0.25, 0.3) is 0 Å². The first-order chi connectivity index (χ1) is 8.65. The molecule has 18 heavy (non-hydrogen) atoms. The van der Waals surface area contributed by atoms with E-state index in [1.165, 1.54) is 11.8 Å². The molecule has 0 aliphatic carbocycles. The van der Waals surface area contributed by atoms with E-state index in [1.54, 1.807) is 6.20 Å². The molecular formula is C13H11BrN2OS. The number of thioether (sulfide) groups is 1. The molecule has 0 spiro atoms. The van der Waals surface area contributed by atoms with Crippen molar-refractivity contribution in [2.45, 2.75) is 12.1 Å². The third kappa shape index (κ3) is 3.65. The van der Waals surface area contributed by atoms with E-state index in [2.05, 4.69) is 25.9 Å². The fourth-order valence-electron chi connectivity index (χ4n) is 1.37. The highest BCUT2D eigenvalue weighted by atomic mass is 79.9. The van der Waals surface area contributed by atoms with Crippen molar-refractivity contribution >= 4 is 33.5 Å². The summed E-state index contributed by atoms with van der Waals surface area (Å²) in [5.74, 6) is 0.423. The van der Waals surface area contributed by atoms with Crippen LogP contribution in [0.15, 0.2) is 46.2 Å². The van der Waals surface area contributed by atoms with Crippen LogP contribution in [0.1, 0.15) is 16.1 Å². The van der Waals surface area contributed by atoms with Gasteiger partial charge < -0.3 is 0 Å². The number of hydrogen-bond donors (Lipinski definition) is 0. The SMILES string of the molecule is Cc1ccnc(SCC(=O)c2cccc(Br)c2)n1. The number of carbonyl (C=O) groups excluding carboxylic acids is 1. The Morgan fingerprint density at radius 3 is 2.94 bits per heavy atom. The lowest BCUT2D eigenvalue weighted by Crippen LogP contribution is -2.03. The summed E-state index contributed by atoms with van der Waals surface area (Å²) in [5, 5.41) is 0.637. The maximum atomic E-state index is 12.0. The normalized spacial score (nSPS) is 10.3. The summed E-state index contributed by atoms with van der Waals surface area (Å²) in [6, 6.07) is 9.21. The zero-order chi connectivity index (χ0) is 13.0. The monoisotopic (exact) mass is 322 g/mol. The van der Waals surface area contributed by atoms with Crippen molar-refractivity contribution in [3.05, 3.63) is 52.3 Å². The smallest absolute Gasteiger partial charge is 0.188 e. The molecule has 0 unspecified atom stereocenters. The van der Waals surface area contributed by atoms with Crippen LogP contribution in [0.4, 0.5) is 0 Å². The number of ketones is 1. The second-order valence-corrected chi connectivity index (χ2v) is 5.56. The first-order valence-corrected chi connectivity index (χ1v) is 7.14. The molecule has 2 aromatic rings. The van der Waals surface area contributed by atoms with Crippen molar-refractivity contribution in [2.24, 2.45) is 0 Å². The Kier molecular flexibility index (Phi) is 4.49. The number of Topliss-reactive ketones (excluding diaryl/α,β-unsaturated/α-hetero) is 1. The molecule has 0 saturated carbocycles. The molecule has 0 radical (unpaired) electrons. The van der Waals surface area contributed by atoms with Gasteiger partial charge in [-0.25, -0.2) is 9.97 Å². The number of carbonyl (C=O) groups is 1. The average Bonchev–Trinajstić information content (AvgIpc) is 2.36. The molecule has 3 nitrogen and oxygen atoms in total. The zero-order valence-corrected chi connectivity index (χ0v) is 12.2. The molecule has 1 aromatic heterocycles. The number of benzene rings is 1. The number of aromatic nitrogens is 2. The van der Waals surface area contributed by atoms with E-state index in [0.29, 0.717) is 16.5 Å². The second-order valence-electron chi connectivity index (χ2n) is 3.70. The summed E-state index contributed by atoms with van der Waals surface area (Å²) in [6.07, 6.45) is 1.70. The van der Waals surface area contributed by atoms with E-state index in [-0.39, 0.29) is 5.78 Å². The van der Waals surface area contributed by atoms with Crippen molar-refractivity contribution in [1.29, 1.82) is 0 Å². The Hall–Kier alpha value is -1.20. The number of halogens is 1. The van der Waals surface area contributed by atoms with Crippen LogP contribution in [0.2, 0.25) is 0 Å². The lowest BCUT2D eigenvalue weighted by molar-refractivity contribution is 0.102. The first-order valence-electron chi connectivity index (χ1n) is 5.36. The highest BCUT2D eigenvalue weighted by molar-refractivity contribution is 9.10. The van der Waals surface area contributed by atoms with Gasteiger partial charge in [0, 0.05) is 21.9 Å². The van der Waals surface area contributed by atoms with Crippen LogP contribution < -0.4 is 0 Å². The summed E-state index contributed by atoms with van der Waals surface area (Å²) in [7, 11) is 0. The zero-order valence-electron chi connectivity index (χ0n) is 9.76. The van der Waals surface area contributed by atoms with E-state index < -0.39 is 0 Å². The van der Waals surface area contributed by atoms with Gasteiger partial charge in [-0.05, 0) is 25.1 Å². The Balaban J connectivity index is 2.00. The highest BCUT2D eigenvalue weighted by Crippen LogP contribution is 2.17. The number of nitrogens with zero attached hydrogens (tertiary/aromatic N) is 2. The van der Waals surface area contributed by atoms with Crippen LogP contribution in [0.25, 0.3) is 0 Å². The summed E-state index contributed by atoms with van der Waals surface area (Å²) < 4.78 is 0.908. The fraction of sp³-hybridized carbons (Fsp3) is 0.154. The van der Waals surface area contributed by atoms with Crippen LogP contribution in [0, 0.1) is 6.92 Å². The molecule has 0 fully saturated rings. The van der Waals surface area contributed by atoms with Crippen LogP contribution in [0.3, 0.4) is 0 Å². The quantitative estimate of drug-likeness (QED) is 0.490. The van der Waals surface area contributed by atoms with Crippen molar-refractivity contribution in [1.82, 2.24) is 9.97 Å². The molecule has 0 aliphatic heterocycles. The lowest BCUT2D eigenvalue weighted by Gasteiger charge is -2.01. The van der Waals surface area contributed by atoms with Crippen LogP contribution >= 0.6 is 27.7 Å². The summed E-state index contributed by atoms with van der Waals surface area (Å²) in [4.78, 5) is 20.3. The average molecular weight is 323 g/mol. The van der Waals surface area contributed by atoms with Gasteiger partial charge in [0.05, 0.1) is 5.75 Å². The molecule has 0 atom stereocenters. The molecule has 5 heteroatoms. The first kappa shape index (κ1) is 13.2. The summed E-state index contributed by atoms with van der Waals surface area (Å²) in [6.45, 7) is 1.90. The third-order valence-electron chi connectivity index (χ3n) is 2.25. The van der Waals surface area contributed by atoms with Crippen molar-refractivity contribution in [3.8, 4) is 0 Å². The van der Waals surface area contributed by atoms with Crippen LogP contribution in [-0.2, 0) is 0 Å². The minimum absolute atomic E-state index is 0.0754. The van der Waals surface area contributed by atoms with E-state index in [0.717, 1.165) is 10.2 Å². The maximum Gasteiger partial charge on any atom is 0.188 e. The van der Waals surface area contributed by atoms with Gasteiger partial charge in [0.15, 0.2) is 10.9 Å². The van der Waals surface area contributed by atoms with Crippen molar-refractivity contribution in [3.63, 3.8) is 0 Å². The second kappa shape index (κ2) is 6.11. The molecule has 1 heterocycles. The fourth-order valence-corrected chi connectivity index (χ4v) is 2.54. The highest BCUT2D eigenvalue weighted by Gasteiger charge is 2.08. The predicted molar refractivity (Wildman–Crippen MR) is 76.0 cm³/mol. The van der Waals surface area contributed by atoms with Gasteiger partial charge in [-0.15, -0.1) is 0 Å². The Labute approximate surface area is 118 Å². The van der Waals surface area contributed by atoms with Gasteiger partial charge in [-0.2, -0.15) is 0 Å². The van der Waals surface area contributed by atoms with Gasteiger partial charge in [-0.3, -0.25) is 4.79 Å². The van der Waals surface area contributed by atoms with E-state index >= 15 is 0 Å². The van der Waals surface area contributed by atoms with E-state index in [1.807, 2.05) is 37.3 Å². The molecule has 2 rings (SSSR count). The largest absolute Gasteiger partial charge is 0.293 e. The maximum absolute atomic E-state index is 12.0. The van der Waals surface area contributed by atoms with Gasteiger partial charge in [-0.1, -0.05) is 39.8 Å². The Bertz CT molecular complexity index is 574. The van der Waals surface area contributed by atoms with E-state index in [4.69, 9.17) is 0 Å². The minimum Gasteiger partial charge on any atom is -0.293 e. The van der Waals surface area contributed by atoms with Gasteiger partial charge in [0.1, 0.15) is 0 Å². The lowest BCUT2D eigenvalue weighted by atomic mass is 10.2. The summed E-state index contributed by atoms with van der Waals surface area (Å²) >= 11 is 4.71. The van der Waals surface area contributed by atoms with Crippen LogP contribution in [0.5, 0.6) is 0 Å². The molecule has 0 saturated heterocycles. The third-order valence-corrected chi connectivity index (χ3v) is 3.61. The molecule has 0 aliphatic rings. The summed E-state index contributed by atoms with van der Waals surface area (Å²) in [5.41, 5.74) is 1.60. The molecular weight excluding hydrogens is 312 g/mol. The van der Waals surface area contributed by atoms with Gasteiger partial charge >= 0.3 is 0 Å². The van der Waals surface area contributed by atoms with Crippen LogP contribution in [-0.4, -0.2) is 21.5 Å². The Morgan fingerprint density at radius 2 is 2.22 bits per heavy atom. The van der Waals surface area contributed by atoms with Crippen molar-refractivity contribution in [2.75, 3.05) is 5.75 Å². The van der Waals surface area contributed by atoms with Gasteiger partial charge in [0.2, 0.25) is 0 Å². The molecule has 0 bridgehead atoms. The van der Waals surface area contributed by atoms with E-state index in [9.17, 15) is 4.79 Å². The predicted octanol–water partition coefficient (Wildman–Crippen LogP) is 3.52. The standard InChI is InChI=1S/C13H11BrN2OS/c1-9-5-6-15-13(16-9)18-8-12(17)10-3-2-4-11(14)7-10/h2-7H,8H2,1H3. The number of rotatable bonds is 4. The molecule has 92 valence electrons. The minimum atomic E-state index is 0.0754. The number of aryl methyl sites for hydroxylation is 1. The topological polar surface area (TPSA) is 42.9 Å². The Morgan fingerprint density at radius 1 is 1.39 bits per heavy atom.